The van der Waals surface area contributed by atoms with Crippen molar-refractivity contribution in [3.8, 4) is 0 Å². The van der Waals surface area contributed by atoms with Crippen molar-refractivity contribution in [1.29, 1.82) is 0 Å². The predicted molar refractivity (Wildman–Crippen MR) is 91.2 cm³/mol. The molecule has 24 heavy (non-hydrogen) atoms. The number of ether oxygens (including phenoxy) is 1. The van der Waals surface area contributed by atoms with E-state index in [0.29, 0.717) is 25.2 Å². The first-order chi connectivity index (χ1) is 11.7. The smallest absolute Gasteiger partial charge is 0.225 e. The highest BCUT2D eigenvalue weighted by atomic mass is 16.5. The van der Waals surface area contributed by atoms with Crippen LogP contribution in [0.4, 0.5) is 0 Å². The Hall–Kier alpha value is -1.79. The molecule has 2 saturated heterocycles. The van der Waals surface area contributed by atoms with Gasteiger partial charge in [0, 0.05) is 25.8 Å². The van der Waals surface area contributed by atoms with Gasteiger partial charge in [-0.2, -0.15) is 0 Å². The molecule has 1 amide bonds. The van der Waals surface area contributed by atoms with Gasteiger partial charge in [0.2, 0.25) is 5.91 Å². The number of likely N-dealkylation sites (tertiary alicyclic amines) is 1. The Kier molecular flexibility index (Phi) is 5.58. The maximum Gasteiger partial charge on any atom is 0.225 e. The van der Waals surface area contributed by atoms with Crippen LogP contribution < -0.4 is 5.32 Å². The van der Waals surface area contributed by atoms with E-state index >= 15 is 0 Å². The van der Waals surface area contributed by atoms with E-state index in [2.05, 4.69) is 26.8 Å². The van der Waals surface area contributed by atoms with Crippen molar-refractivity contribution in [3.63, 3.8) is 0 Å². The molecular formula is C18H26N4O2. The van der Waals surface area contributed by atoms with Gasteiger partial charge in [-0.25, -0.2) is 0 Å². The largest absolute Gasteiger partial charge is 0.377 e. The summed E-state index contributed by atoms with van der Waals surface area (Å²) in [5.74, 6) is 0.410. The third-order valence-corrected chi connectivity index (χ3v) is 4.88. The number of carbonyl (C=O) groups excluding carboxylic acids is 1. The van der Waals surface area contributed by atoms with Gasteiger partial charge in [-0.3, -0.25) is 19.7 Å². The first-order valence-electron chi connectivity index (χ1n) is 8.65. The molecule has 1 aromatic heterocycles. The summed E-state index contributed by atoms with van der Waals surface area (Å²) < 4.78 is 5.97. The molecule has 0 spiro atoms. The van der Waals surface area contributed by atoms with E-state index in [-0.39, 0.29) is 11.8 Å². The van der Waals surface area contributed by atoms with Gasteiger partial charge in [0.25, 0.3) is 0 Å². The van der Waals surface area contributed by atoms with Crippen LogP contribution in [0.15, 0.2) is 25.0 Å². The molecule has 2 fully saturated rings. The van der Waals surface area contributed by atoms with Crippen molar-refractivity contribution in [2.45, 2.75) is 32.4 Å². The molecule has 0 bridgehead atoms. The molecule has 3 rings (SSSR count). The lowest BCUT2D eigenvalue weighted by atomic mass is 9.83. The maximum atomic E-state index is 12.5. The van der Waals surface area contributed by atoms with E-state index in [9.17, 15) is 4.79 Å². The SMILES string of the molecule is C=CCN1CC[C@@H]2OC[C@H](C(=O)NCc3cnc(C)cn3)C[C@@H]2C1. The van der Waals surface area contributed by atoms with Gasteiger partial charge in [-0.05, 0) is 25.7 Å². The fourth-order valence-electron chi connectivity index (χ4n) is 3.57. The summed E-state index contributed by atoms with van der Waals surface area (Å²) in [4.78, 5) is 23.3. The number of amides is 1. The third-order valence-electron chi connectivity index (χ3n) is 4.88. The fraction of sp³-hybridized carbons (Fsp3) is 0.611. The number of nitrogens with one attached hydrogen (secondary N) is 1. The Morgan fingerprint density at radius 1 is 1.50 bits per heavy atom. The minimum absolute atomic E-state index is 0.0525. The fourth-order valence-corrected chi connectivity index (χ4v) is 3.57. The molecule has 2 aliphatic heterocycles. The summed E-state index contributed by atoms with van der Waals surface area (Å²) in [6, 6.07) is 0. The van der Waals surface area contributed by atoms with Crippen molar-refractivity contribution in [3.05, 3.63) is 36.4 Å². The zero-order valence-electron chi connectivity index (χ0n) is 14.3. The average Bonchev–Trinajstić information content (AvgIpc) is 2.60. The zero-order chi connectivity index (χ0) is 16.9. The number of aromatic nitrogens is 2. The van der Waals surface area contributed by atoms with Crippen LogP contribution in [0.2, 0.25) is 0 Å². The summed E-state index contributed by atoms with van der Waals surface area (Å²) in [5.41, 5.74) is 1.65. The quantitative estimate of drug-likeness (QED) is 0.825. The Bertz CT molecular complexity index is 575. The molecule has 0 aromatic carbocycles. The predicted octanol–water partition coefficient (Wildman–Crippen LogP) is 1.31. The van der Waals surface area contributed by atoms with Crippen LogP contribution in [0.5, 0.6) is 0 Å². The number of rotatable bonds is 5. The normalized spacial score (nSPS) is 27.3. The van der Waals surface area contributed by atoms with Crippen molar-refractivity contribution in [2.24, 2.45) is 11.8 Å². The minimum Gasteiger partial charge on any atom is -0.377 e. The molecule has 0 radical (unpaired) electrons. The van der Waals surface area contributed by atoms with Gasteiger partial charge in [0.1, 0.15) is 0 Å². The Labute approximate surface area is 143 Å². The van der Waals surface area contributed by atoms with Crippen LogP contribution in [0, 0.1) is 18.8 Å². The maximum absolute atomic E-state index is 12.5. The molecule has 130 valence electrons. The number of nitrogens with zero attached hydrogens (tertiary/aromatic N) is 3. The molecule has 1 aromatic rings. The second-order valence-electron chi connectivity index (χ2n) is 6.77. The number of hydrogen-bond acceptors (Lipinski definition) is 5. The van der Waals surface area contributed by atoms with Gasteiger partial charge >= 0.3 is 0 Å². The highest BCUT2D eigenvalue weighted by Crippen LogP contribution is 2.31. The second-order valence-corrected chi connectivity index (χ2v) is 6.77. The summed E-state index contributed by atoms with van der Waals surface area (Å²) in [6.07, 6.45) is 7.61. The van der Waals surface area contributed by atoms with E-state index in [1.54, 1.807) is 12.4 Å². The van der Waals surface area contributed by atoms with Crippen LogP contribution in [0.25, 0.3) is 0 Å². The van der Waals surface area contributed by atoms with Crippen molar-refractivity contribution in [1.82, 2.24) is 20.2 Å². The van der Waals surface area contributed by atoms with Crippen LogP contribution >= 0.6 is 0 Å². The van der Waals surface area contributed by atoms with Gasteiger partial charge in [0.15, 0.2) is 0 Å². The Morgan fingerprint density at radius 2 is 2.38 bits per heavy atom. The number of piperidine rings is 1. The van der Waals surface area contributed by atoms with Gasteiger partial charge < -0.3 is 10.1 Å². The van der Waals surface area contributed by atoms with E-state index in [1.807, 2.05) is 13.0 Å². The van der Waals surface area contributed by atoms with Crippen molar-refractivity contribution >= 4 is 5.91 Å². The number of hydrogen-bond donors (Lipinski definition) is 1. The minimum atomic E-state index is -0.0756. The lowest BCUT2D eigenvalue weighted by Crippen LogP contribution is -2.50. The van der Waals surface area contributed by atoms with Crippen LogP contribution in [-0.4, -0.2) is 53.1 Å². The Morgan fingerprint density at radius 3 is 3.12 bits per heavy atom. The van der Waals surface area contributed by atoms with E-state index in [4.69, 9.17) is 4.74 Å². The average molecular weight is 330 g/mol. The lowest BCUT2D eigenvalue weighted by molar-refractivity contribution is -0.139. The van der Waals surface area contributed by atoms with Gasteiger partial charge in [-0.1, -0.05) is 6.08 Å². The van der Waals surface area contributed by atoms with Crippen LogP contribution in [-0.2, 0) is 16.1 Å². The first kappa shape index (κ1) is 17.0. The molecule has 0 aliphatic carbocycles. The first-order valence-corrected chi connectivity index (χ1v) is 8.65. The van der Waals surface area contributed by atoms with E-state index < -0.39 is 0 Å². The highest BCUT2D eigenvalue weighted by molar-refractivity contribution is 5.78. The van der Waals surface area contributed by atoms with Gasteiger partial charge in [-0.15, -0.1) is 6.58 Å². The molecule has 6 heteroatoms. The lowest BCUT2D eigenvalue weighted by Gasteiger charge is -2.42. The highest BCUT2D eigenvalue weighted by Gasteiger charge is 2.37. The summed E-state index contributed by atoms with van der Waals surface area (Å²) in [5, 5.41) is 2.97. The van der Waals surface area contributed by atoms with Crippen molar-refractivity contribution < 1.29 is 9.53 Å². The van der Waals surface area contributed by atoms with Crippen LogP contribution in [0.1, 0.15) is 24.2 Å². The summed E-state index contributed by atoms with van der Waals surface area (Å²) in [6.45, 7) is 9.59. The molecule has 1 N–H and O–H groups in total. The third kappa shape index (κ3) is 4.19. The number of aryl methyl sites for hydroxylation is 1. The number of fused-ring (bicyclic) bond motifs is 1. The van der Waals surface area contributed by atoms with Crippen LogP contribution in [0.3, 0.4) is 0 Å². The number of carbonyl (C=O) groups is 1. The molecule has 0 saturated carbocycles. The zero-order valence-corrected chi connectivity index (χ0v) is 14.3. The second kappa shape index (κ2) is 7.85. The molecule has 2 aliphatic rings. The standard InChI is InChI=1S/C18H26N4O2/c1-3-5-22-6-4-17-14(11-22)7-15(12-24-17)18(23)21-10-16-9-19-13(2)8-20-16/h3,8-9,14-15,17H,1,4-7,10-12H2,2H3,(H,21,23)/t14-,15-,17+/m1/s1. The molecule has 6 nitrogen and oxygen atoms in total. The Balaban J connectivity index is 1.50. The monoisotopic (exact) mass is 330 g/mol. The molecular weight excluding hydrogens is 304 g/mol. The molecule has 0 unspecified atom stereocenters. The topological polar surface area (TPSA) is 67.3 Å². The van der Waals surface area contributed by atoms with E-state index in [1.165, 1.54) is 0 Å². The van der Waals surface area contributed by atoms with Crippen molar-refractivity contribution in [2.75, 3.05) is 26.2 Å². The van der Waals surface area contributed by atoms with E-state index in [0.717, 1.165) is 43.9 Å². The summed E-state index contributed by atoms with van der Waals surface area (Å²) >= 11 is 0. The molecule has 3 atom stereocenters. The summed E-state index contributed by atoms with van der Waals surface area (Å²) in [7, 11) is 0. The van der Waals surface area contributed by atoms with Gasteiger partial charge in [0.05, 0.1) is 42.8 Å². The molecule has 3 heterocycles.